The van der Waals surface area contributed by atoms with Crippen molar-refractivity contribution in [3.8, 4) is 5.75 Å². The Kier molecular flexibility index (Phi) is 4.57. The van der Waals surface area contributed by atoms with Crippen molar-refractivity contribution >= 4 is 14.5 Å². The third-order valence-corrected chi connectivity index (χ3v) is 2.08. The summed E-state index contributed by atoms with van der Waals surface area (Å²) in [7, 11) is -3.18. The number of aromatic nitrogens is 1. The third kappa shape index (κ3) is 3.11. The van der Waals surface area contributed by atoms with E-state index < -0.39 is 8.25 Å². The Labute approximate surface area is 91.5 Å². The van der Waals surface area contributed by atoms with Crippen molar-refractivity contribution in [2.45, 2.75) is 13.5 Å². The molecule has 1 aromatic heterocycles. The molecule has 0 bridgehead atoms. The Hall–Kier alpha value is -1.27. The molecule has 1 atom stereocenters. The molecule has 1 rings (SSSR count). The Morgan fingerprint density at radius 3 is 2.88 bits per heavy atom. The van der Waals surface area contributed by atoms with Gasteiger partial charge >= 0.3 is 8.25 Å². The van der Waals surface area contributed by atoms with Gasteiger partial charge in [0.15, 0.2) is 6.29 Å². The van der Waals surface area contributed by atoms with E-state index in [4.69, 9.17) is 4.89 Å². The second-order valence-corrected chi connectivity index (χ2v) is 3.56. The number of carbonyl (C=O) groups is 1. The minimum absolute atomic E-state index is 0.0220. The van der Waals surface area contributed by atoms with Crippen LogP contribution in [0.15, 0.2) is 6.20 Å². The van der Waals surface area contributed by atoms with Gasteiger partial charge in [-0.25, -0.2) is 4.89 Å². The second-order valence-electron chi connectivity index (χ2n) is 2.86. The molecule has 0 aromatic carbocycles. The molecule has 1 unspecified atom stereocenters. The molecular weight excluding hydrogens is 237 g/mol. The summed E-state index contributed by atoms with van der Waals surface area (Å²) < 4.78 is 14.2. The number of hydrogen-bond acceptors (Lipinski definition) is 6. The predicted octanol–water partition coefficient (Wildman–Crippen LogP) is 0.738. The average Bonchev–Trinajstić information content (AvgIpc) is 2.23. The van der Waals surface area contributed by atoms with E-state index in [-0.39, 0.29) is 23.5 Å². The van der Waals surface area contributed by atoms with Gasteiger partial charge < -0.3 is 10.00 Å². The number of aryl methyl sites for hydroxylation is 1. The van der Waals surface area contributed by atoms with Crippen molar-refractivity contribution in [1.29, 1.82) is 0 Å². The minimum atomic E-state index is -3.18. The van der Waals surface area contributed by atoms with Gasteiger partial charge in [0, 0.05) is 11.8 Å². The maximum atomic E-state index is 10.7. The van der Waals surface area contributed by atoms with Crippen LogP contribution in [0.4, 0.5) is 0 Å². The third-order valence-electron chi connectivity index (χ3n) is 1.82. The molecule has 1 aromatic rings. The first-order valence-corrected chi connectivity index (χ1v) is 5.47. The SMILES string of the molecule is Cc1ncc(COO[PH](=O)O)c(C=O)c1O. The van der Waals surface area contributed by atoms with E-state index in [0.717, 1.165) is 0 Å². The lowest BCUT2D eigenvalue weighted by Gasteiger charge is -2.07. The van der Waals surface area contributed by atoms with E-state index in [1.165, 1.54) is 13.1 Å². The second kappa shape index (κ2) is 5.72. The van der Waals surface area contributed by atoms with E-state index in [1.807, 2.05) is 0 Å². The highest BCUT2D eigenvalue weighted by Crippen LogP contribution is 2.23. The van der Waals surface area contributed by atoms with Crippen LogP contribution in [-0.2, 0) is 20.7 Å². The zero-order valence-corrected chi connectivity index (χ0v) is 9.34. The largest absolute Gasteiger partial charge is 0.505 e. The van der Waals surface area contributed by atoms with Crippen LogP contribution in [0, 0.1) is 6.92 Å². The number of nitrogens with zero attached hydrogens (tertiary/aromatic N) is 1. The summed E-state index contributed by atoms with van der Waals surface area (Å²) in [6.07, 6.45) is 1.77. The van der Waals surface area contributed by atoms with Gasteiger partial charge in [-0.2, -0.15) is 4.67 Å². The smallest absolute Gasteiger partial charge is 0.344 e. The molecule has 7 nitrogen and oxygen atoms in total. The van der Waals surface area contributed by atoms with Crippen LogP contribution in [-0.4, -0.2) is 21.3 Å². The zero-order valence-electron chi connectivity index (χ0n) is 8.34. The summed E-state index contributed by atoms with van der Waals surface area (Å²) in [5.74, 6) is -0.243. The molecule has 8 heteroatoms. The van der Waals surface area contributed by atoms with Gasteiger partial charge in [0.2, 0.25) is 0 Å². The Bertz CT molecular complexity index is 421. The quantitative estimate of drug-likeness (QED) is 0.342. The molecular formula is C8H10NO6P. The minimum Gasteiger partial charge on any atom is -0.505 e. The fourth-order valence-electron chi connectivity index (χ4n) is 1.04. The molecule has 0 aliphatic carbocycles. The zero-order chi connectivity index (χ0) is 12.1. The van der Waals surface area contributed by atoms with Gasteiger partial charge in [0.05, 0.1) is 11.3 Å². The topological polar surface area (TPSA) is 106 Å². The van der Waals surface area contributed by atoms with Crippen LogP contribution in [0.25, 0.3) is 0 Å². The summed E-state index contributed by atoms with van der Waals surface area (Å²) in [4.78, 5) is 27.2. The normalized spacial score (nSPS) is 12.4. The summed E-state index contributed by atoms with van der Waals surface area (Å²) in [5, 5.41) is 9.49. The van der Waals surface area contributed by atoms with Crippen LogP contribution < -0.4 is 0 Å². The van der Waals surface area contributed by atoms with Crippen molar-refractivity contribution in [1.82, 2.24) is 4.98 Å². The molecule has 0 saturated carbocycles. The maximum Gasteiger partial charge on any atom is 0.344 e. The summed E-state index contributed by atoms with van der Waals surface area (Å²) in [6.45, 7) is 1.28. The molecule has 0 amide bonds. The number of aromatic hydroxyl groups is 1. The molecule has 2 N–H and O–H groups in total. The van der Waals surface area contributed by atoms with E-state index in [2.05, 4.69) is 14.5 Å². The van der Waals surface area contributed by atoms with E-state index >= 15 is 0 Å². The number of aldehydes is 1. The van der Waals surface area contributed by atoms with E-state index in [1.54, 1.807) is 0 Å². The average molecular weight is 247 g/mol. The number of pyridine rings is 1. The summed E-state index contributed by atoms with van der Waals surface area (Å²) >= 11 is 0. The molecule has 88 valence electrons. The first-order chi connectivity index (χ1) is 7.56. The molecule has 0 aliphatic rings. The first-order valence-electron chi connectivity index (χ1n) is 4.21. The van der Waals surface area contributed by atoms with Crippen LogP contribution in [0.2, 0.25) is 0 Å². The van der Waals surface area contributed by atoms with Crippen molar-refractivity contribution in [3.63, 3.8) is 0 Å². The van der Waals surface area contributed by atoms with Crippen LogP contribution in [0.5, 0.6) is 5.75 Å². The van der Waals surface area contributed by atoms with E-state index in [0.29, 0.717) is 12.0 Å². The van der Waals surface area contributed by atoms with Crippen molar-refractivity contribution in [2.24, 2.45) is 0 Å². The molecule has 0 radical (unpaired) electrons. The van der Waals surface area contributed by atoms with Crippen LogP contribution in [0.3, 0.4) is 0 Å². The summed E-state index contributed by atoms with van der Waals surface area (Å²) in [6, 6.07) is 0. The monoisotopic (exact) mass is 247 g/mol. The molecule has 16 heavy (non-hydrogen) atoms. The van der Waals surface area contributed by atoms with Gasteiger partial charge in [-0.1, -0.05) is 0 Å². The van der Waals surface area contributed by atoms with Gasteiger partial charge in [0.1, 0.15) is 12.4 Å². The fourth-order valence-corrected chi connectivity index (χ4v) is 1.20. The predicted molar refractivity (Wildman–Crippen MR) is 53.1 cm³/mol. The molecule has 0 aliphatic heterocycles. The Morgan fingerprint density at radius 1 is 1.62 bits per heavy atom. The lowest BCUT2D eigenvalue weighted by atomic mass is 10.1. The van der Waals surface area contributed by atoms with Crippen molar-refractivity contribution in [2.75, 3.05) is 0 Å². The van der Waals surface area contributed by atoms with Gasteiger partial charge in [0.25, 0.3) is 0 Å². The van der Waals surface area contributed by atoms with Gasteiger partial charge in [-0.05, 0) is 6.92 Å². The van der Waals surface area contributed by atoms with E-state index in [9.17, 15) is 14.5 Å². The highest BCUT2D eigenvalue weighted by atomic mass is 31.1. The highest BCUT2D eigenvalue weighted by molar-refractivity contribution is 7.31. The Morgan fingerprint density at radius 2 is 2.31 bits per heavy atom. The lowest BCUT2D eigenvalue weighted by Crippen LogP contribution is -1.99. The van der Waals surface area contributed by atoms with Gasteiger partial charge in [-0.15, -0.1) is 0 Å². The summed E-state index contributed by atoms with van der Waals surface area (Å²) in [5.41, 5.74) is 0.595. The number of rotatable bonds is 5. The maximum absolute atomic E-state index is 10.7. The van der Waals surface area contributed by atoms with Gasteiger partial charge in [-0.3, -0.25) is 14.3 Å². The Balaban J connectivity index is 2.84. The number of carbonyl (C=O) groups excluding carboxylic acids is 1. The molecule has 0 fully saturated rings. The molecule has 1 heterocycles. The fraction of sp³-hybridized carbons (Fsp3) is 0.250. The molecule has 0 saturated heterocycles. The van der Waals surface area contributed by atoms with Crippen LogP contribution in [0.1, 0.15) is 21.6 Å². The first kappa shape index (κ1) is 12.8. The lowest BCUT2D eigenvalue weighted by molar-refractivity contribution is -0.218. The number of hydrogen-bond donors (Lipinski definition) is 2. The van der Waals surface area contributed by atoms with Crippen molar-refractivity contribution < 1.29 is 28.9 Å². The van der Waals surface area contributed by atoms with Crippen LogP contribution >= 0.6 is 8.25 Å². The highest BCUT2D eigenvalue weighted by Gasteiger charge is 2.11. The van der Waals surface area contributed by atoms with Crippen molar-refractivity contribution in [3.05, 3.63) is 23.0 Å². The standard InChI is InChI=1S/C8H10NO6P/c1-5-8(11)7(3-10)6(2-9-5)4-14-15-16(12)13/h2-3,11,16H,4H2,1H3,(H,12,13). The molecule has 0 spiro atoms.